The number of piperidine rings is 1. The molecule has 0 aromatic carbocycles. The van der Waals surface area contributed by atoms with Crippen LogP contribution in [0, 0.1) is 5.92 Å². The summed E-state index contributed by atoms with van der Waals surface area (Å²) in [6, 6.07) is -0.341. The van der Waals surface area contributed by atoms with Crippen LogP contribution in [0.15, 0.2) is 0 Å². The summed E-state index contributed by atoms with van der Waals surface area (Å²) >= 11 is 0. The fourth-order valence-electron chi connectivity index (χ4n) is 1.92. The lowest BCUT2D eigenvalue weighted by molar-refractivity contribution is -0.144. The second-order valence-corrected chi connectivity index (χ2v) is 4.34. The lowest BCUT2D eigenvalue weighted by Gasteiger charge is -2.33. The number of hydrogen-bond acceptors (Lipinski definition) is 4. The highest BCUT2D eigenvalue weighted by Crippen LogP contribution is 2.17. The van der Waals surface area contributed by atoms with Crippen molar-refractivity contribution in [3.63, 3.8) is 0 Å². The summed E-state index contributed by atoms with van der Waals surface area (Å²) in [7, 11) is 2.74. The molecule has 18 heavy (non-hydrogen) atoms. The Labute approximate surface area is 105 Å². The van der Waals surface area contributed by atoms with Gasteiger partial charge in [0.1, 0.15) is 6.54 Å². The molecule has 1 saturated heterocycles. The first-order valence-corrected chi connectivity index (χ1v) is 5.75. The SMILES string of the molecule is COC(=O)CN(C)C(=O)N1CCCC(C(=O)O)C1. The largest absolute Gasteiger partial charge is 0.481 e. The molecule has 0 aromatic heterocycles. The number of carboxylic acid groups (broad SMARTS) is 1. The molecule has 1 atom stereocenters. The van der Waals surface area contributed by atoms with Gasteiger partial charge in [0, 0.05) is 20.1 Å². The van der Waals surface area contributed by atoms with Gasteiger partial charge in [-0.15, -0.1) is 0 Å². The summed E-state index contributed by atoms with van der Waals surface area (Å²) < 4.78 is 4.47. The Kier molecular flexibility index (Phi) is 4.94. The Bertz CT molecular complexity index is 344. The summed E-state index contributed by atoms with van der Waals surface area (Å²) in [6.07, 6.45) is 1.24. The number of carbonyl (C=O) groups excluding carboxylic acids is 2. The molecular weight excluding hydrogens is 240 g/mol. The molecule has 2 amide bonds. The maximum Gasteiger partial charge on any atom is 0.325 e. The quantitative estimate of drug-likeness (QED) is 0.720. The molecule has 0 saturated carbocycles. The predicted octanol–water partition coefficient (Wildman–Crippen LogP) is 0.00780. The van der Waals surface area contributed by atoms with Crippen LogP contribution in [-0.4, -0.2) is 66.7 Å². The number of likely N-dealkylation sites (N-methyl/N-ethyl adjacent to an activating group) is 1. The number of urea groups is 1. The van der Waals surface area contributed by atoms with E-state index in [0.29, 0.717) is 19.4 Å². The second-order valence-electron chi connectivity index (χ2n) is 4.34. The molecule has 0 spiro atoms. The van der Waals surface area contributed by atoms with Crippen LogP contribution in [0.4, 0.5) is 4.79 Å². The summed E-state index contributed by atoms with van der Waals surface area (Å²) in [5.41, 5.74) is 0. The first kappa shape index (κ1) is 14.3. The molecule has 0 radical (unpaired) electrons. The zero-order chi connectivity index (χ0) is 13.7. The van der Waals surface area contributed by atoms with Crippen molar-refractivity contribution < 1.29 is 24.2 Å². The Balaban J connectivity index is 2.55. The molecule has 0 aromatic rings. The van der Waals surface area contributed by atoms with Crippen molar-refractivity contribution in [3.05, 3.63) is 0 Å². The third-order valence-corrected chi connectivity index (χ3v) is 2.96. The summed E-state index contributed by atoms with van der Waals surface area (Å²) in [5.74, 6) is -1.91. The minimum absolute atomic E-state index is 0.135. The molecule has 102 valence electrons. The zero-order valence-corrected chi connectivity index (χ0v) is 10.6. The Morgan fingerprint density at radius 1 is 1.44 bits per heavy atom. The van der Waals surface area contributed by atoms with Crippen molar-refractivity contribution >= 4 is 18.0 Å². The number of amides is 2. The number of carboxylic acids is 1. The number of likely N-dealkylation sites (tertiary alicyclic amines) is 1. The first-order chi connectivity index (χ1) is 8.45. The van der Waals surface area contributed by atoms with E-state index < -0.39 is 17.9 Å². The Morgan fingerprint density at radius 3 is 2.67 bits per heavy atom. The predicted molar refractivity (Wildman–Crippen MR) is 62.0 cm³/mol. The van der Waals surface area contributed by atoms with Gasteiger partial charge in [0.25, 0.3) is 0 Å². The molecule has 1 aliphatic heterocycles. The van der Waals surface area contributed by atoms with Gasteiger partial charge in [0.2, 0.25) is 0 Å². The van der Waals surface area contributed by atoms with Gasteiger partial charge in [-0.25, -0.2) is 4.79 Å². The number of ether oxygens (including phenoxy) is 1. The van der Waals surface area contributed by atoms with Crippen molar-refractivity contribution in [2.24, 2.45) is 5.92 Å². The van der Waals surface area contributed by atoms with Gasteiger partial charge in [0.05, 0.1) is 13.0 Å². The summed E-state index contributed by atoms with van der Waals surface area (Å²) in [4.78, 5) is 36.6. The molecule has 1 unspecified atom stereocenters. The van der Waals surface area contributed by atoms with Crippen molar-refractivity contribution in [2.75, 3.05) is 33.8 Å². The van der Waals surface area contributed by atoms with Gasteiger partial charge in [-0.2, -0.15) is 0 Å². The number of esters is 1. The second kappa shape index (κ2) is 6.23. The molecule has 7 nitrogen and oxygen atoms in total. The van der Waals surface area contributed by atoms with Crippen LogP contribution in [0.25, 0.3) is 0 Å². The highest BCUT2D eigenvalue weighted by Gasteiger charge is 2.29. The van der Waals surface area contributed by atoms with Crippen LogP contribution >= 0.6 is 0 Å². The van der Waals surface area contributed by atoms with Crippen LogP contribution in [-0.2, 0) is 14.3 Å². The van der Waals surface area contributed by atoms with E-state index in [-0.39, 0.29) is 19.1 Å². The summed E-state index contributed by atoms with van der Waals surface area (Å²) in [6.45, 7) is 0.581. The number of nitrogens with zero attached hydrogens (tertiary/aromatic N) is 2. The molecular formula is C11H18N2O5. The molecule has 1 aliphatic rings. The number of hydrogen-bond donors (Lipinski definition) is 1. The highest BCUT2D eigenvalue weighted by atomic mass is 16.5. The number of methoxy groups -OCH3 is 1. The van der Waals surface area contributed by atoms with Crippen molar-refractivity contribution in [2.45, 2.75) is 12.8 Å². The zero-order valence-electron chi connectivity index (χ0n) is 10.6. The smallest absolute Gasteiger partial charge is 0.325 e. The van der Waals surface area contributed by atoms with Crippen molar-refractivity contribution in [1.29, 1.82) is 0 Å². The third-order valence-electron chi connectivity index (χ3n) is 2.96. The first-order valence-electron chi connectivity index (χ1n) is 5.75. The van der Waals surface area contributed by atoms with E-state index in [1.165, 1.54) is 24.0 Å². The normalized spacial score (nSPS) is 19.2. The lowest BCUT2D eigenvalue weighted by atomic mass is 9.99. The molecule has 0 aliphatic carbocycles. The van der Waals surface area contributed by atoms with Crippen LogP contribution in [0.3, 0.4) is 0 Å². The molecule has 1 heterocycles. The van der Waals surface area contributed by atoms with Crippen LogP contribution in [0.5, 0.6) is 0 Å². The van der Waals surface area contributed by atoms with E-state index >= 15 is 0 Å². The van der Waals surface area contributed by atoms with Gasteiger partial charge in [-0.1, -0.05) is 0 Å². The highest BCUT2D eigenvalue weighted by molar-refractivity contribution is 5.81. The van der Waals surface area contributed by atoms with Crippen LogP contribution in [0.1, 0.15) is 12.8 Å². The minimum Gasteiger partial charge on any atom is -0.481 e. The van der Waals surface area contributed by atoms with Crippen LogP contribution < -0.4 is 0 Å². The number of aliphatic carboxylic acids is 1. The molecule has 1 fully saturated rings. The Morgan fingerprint density at radius 2 is 2.11 bits per heavy atom. The fraction of sp³-hybridized carbons (Fsp3) is 0.727. The number of carbonyl (C=O) groups is 3. The molecule has 1 N–H and O–H groups in total. The Hall–Kier alpha value is -1.79. The topological polar surface area (TPSA) is 87.2 Å². The summed E-state index contributed by atoms with van der Waals surface area (Å²) in [5, 5.41) is 8.93. The van der Waals surface area contributed by atoms with Gasteiger partial charge in [-0.05, 0) is 12.8 Å². The average molecular weight is 258 g/mol. The monoisotopic (exact) mass is 258 g/mol. The standard InChI is InChI=1S/C11H18N2O5/c1-12(7-9(14)18-2)11(17)13-5-3-4-8(6-13)10(15)16/h8H,3-7H2,1-2H3,(H,15,16). The van der Waals surface area contributed by atoms with Crippen molar-refractivity contribution in [1.82, 2.24) is 9.80 Å². The van der Waals surface area contributed by atoms with Gasteiger partial charge < -0.3 is 19.6 Å². The van der Waals surface area contributed by atoms with E-state index in [4.69, 9.17) is 5.11 Å². The van der Waals surface area contributed by atoms with Crippen LogP contribution in [0.2, 0.25) is 0 Å². The van der Waals surface area contributed by atoms with Crippen molar-refractivity contribution in [3.8, 4) is 0 Å². The van der Waals surface area contributed by atoms with E-state index in [2.05, 4.69) is 4.74 Å². The van der Waals surface area contributed by atoms with Gasteiger partial charge in [0.15, 0.2) is 0 Å². The van der Waals surface area contributed by atoms with E-state index in [1.807, 2.05) is 0 Å². The average Bonchev–Trinajstić information content (AvgIpc) is 2.37. The maximum atomic E-state index is 12.0. The lowest BCUT2D eigenvalue weighted by Crippen LogP contribution is -2.48. The molecule has 1 rings (SSSR count). The maximum absolute atomic E-state index is 12.0. The minimum atomic E-state index is -0.886. The number of rotatable bonds is 3. The van der Waals surface area contributed by atoms with E-state index in [0.717, 1.165) is 0 Å². The van der Waals surface area contributed by atoms with E-state index in [1.54, 1.807) is 0 Å². The van der Waals surface area contributed by atoms with Gasteiger partial charge >= 0.3 is 18.0 Å². The molecule has 0 bridgehead atoms. The van der Waals surface area contributed by atoms with Gasteiger partial charge in [-0.3, -0.25) is 9.59 Å². The fourth-order valence-corrected chi connectivity index (χ4v) is 1.92. The third kappa shape index (κ3) is 3.61. The van der Waals surface area contributed by atoms with E-state index in [9.17, 15) is 14.4 Å². The molecule has 7 heteroatoms.